The summed E-state index contributed by atoms with van der Waals surface area (Å²) in [5, 5.41) is 2.82. The SMILES string of the molecule is COc1cccc(C2CC(NC(=O)c3cc(C(F)F)ncn3)C2)c1. The molecule has 1 aliphatic carbocycles. The molecule has 2 aromatic rings. The molecule has 0 bridgehead atoms. The lowest BCUT2D eigenvalue weighted by molar-refractivity contribution is 0.0902. The number of alkyl halides is 2. The average Bonchev–Trinajstić information content (AvgIpc) is 2.57. The third-order valence-electron chi connectivity index (χ3n) is 4.18. The number of methoxy groups -OCH3 is 1. The van der Waals surface area contributed by atoms with Crippen LogP contribution in [-0.2, 0) is 0 Å². The normalized spacial score (nSPS) is 19.7. The van der Waals surface area contributed by atoms with Crippen molar-refractivity contribution >= 4 is 5.91 Å². The smallest absolute Gasteiger partial charge is 0.280 e. The summed E-state index contributed by atoms with van der Waals surface area (Å²) < 4.78 is 30.4. The lowest BCUT2D eigenvalue weighted by atomic mass is 9.76. The molecule has 5 nitrogen and oxygen atoms in total. The Morgan fingerprint density at radius 3 is 2.79 bits per heavy atom. The Bertz CT molecular complexity index is 733. The molecule has 24 heavy (non-hydrogen) atoms. The van der Waals surface area contributed by atoms with Gasteiger partial charge in [0.2, 0.25) is 0 Å². The van der Waals surface area contributed by atoms with Crippen LogP contribution in [0.5, 0.6) is 5.75 Å². The van der Waals surface area contributed by atoms with E-state index in [-0.39, 0.29) is 11.7 Å². The average molecular weight is 333 g/mol. The Morgan fingerprint density at radius 1 is 1.29 bits per heavy atom. The molecule has 126 valence electrons. The number of nitrogens with one attached hydrogen (secondary N) is 1. The first-order valence-corrected chi connectivity index (χ1v) is 7.61. The molecule has 1 amide bonds. The highest BCUT2D eigenvalue weighted by Crippen LogP contribution is 2.38. The van der Waals surface area contributed by atoms with Crippen LogP contribution in [0.25, 0.3) is 0 Å². The molecule has 0 aliphatic heterocycles. The maximum Gasteiger partial charge on any atom is 0.280 e. The van der Waals surface area contributed by atoms with Gasteiger partial charge in [0, 0.05) is 6.04 Å². The van der Waals surface area contributed by atoms with Gasteiger partial charge in [0.05, 0.1) is 7.11 Å². The predicted molar refractivity (Wildman–Crippen MR) is 83.2 cm³/mol. The standard InChI is InChI=1S/C17H17F2N3O2/c1-24-13-4-2-3-10(7-13)11-5-12(6-11)22-17(23)15-8-14(16(18)19)20-9-21-15/h2-4,7-9,11-12,16H,5-6H2,1H3,(H,22,23). The molecule has 7 heteroatoms. The molecule has 1 saturated carbocycles. The van der Waals surface area contributed by atoms with Gasteiger partial charge in [0.25, 0.3) is 12.3 Å². The summed E-state index contributed by atoms with van der Waals surface area (Å²) >= 11 is 0. The zero-order chi connectivity index (χ0) is 17.1. The summed E-state index contributed by atoms with van der Waals surface area (Å²) in [6, 6.07) is 8.88. The van der Waals surface area contributed by atoms with Crippen LogP contribution >= 0.6 is 0 Å². The Balaban J connectivity index is 1.57. The molecule has 0 spiro atoms. The Hall–Kier alpha value is -2.57. The largest absolute Gasteiger partial charge is 0.497 e. The highest BCUT2D eigenvalue weighted by molar-refractivity contribution is 5.92. The molecule has 0 radical (unpaired) electrons. The number of ether oxygens (including phenoxy) is 1. The molecule has 1 N–H and O–H groups in total. The van der Waals surface area contributed by atoms with Crippen LogP contribution in [0.1, 0.15) is 46.9 Å². The van der Waals surface area contributed by atoms with E-state index in [1.165, 1.54) is 5.56 Å². The van der Waals surface area contributed by atoms with Crippen LogP contribution in [0, 0.1) is 0 Å². The third kappa shape index (κ3) is 3.50. The van der Waals surface area contributed by atoms with Crippen LogP contribution in [0.4, 0.5) is 8.78 Å². The van der Waals surface area contributed by atoms with Crippen molar-refractivity contribution < 1.29 is 18.3 Å². The zero-order valence-electron chi connectivity index (χ0n) is 13.1. The van der Waals surface area contributed by atoms with Crippen molar-refractivity contribution in [3.8, 4) is 5.75 Å². The van der Waals surface area contributed by atoms with Gasteiger partial charge < -0.3 is 10.1 Å². The first kappa shape index (κ1) is 16.3. The highest BCUT2D eigenvalue weighted by Gasteiger charge is 2.32. The second-order valence-electron chi connectivity index (χ2n) is 5.74. The van der Waals surface area contributed by atoms with Gasteiger partial charge in [-0.1, -0.05) is 12.1 Å². The molecule has 1 aromatic carbocycles. The van der Waals surface area contributed by atoms with Gasteiger partial charge in [-0.2, -0.15) is 0 Å². The zero-order valence-corrected chi connectivity index (χ0v) is 13.1. The van der Waals surface area contributed by atoms with Crippen LogP contribution in [0.2, 0.25) is 0 Å². The van der Waals surface area contributed by atoms with Crippen molar-refractivity contribution in [3.05, 3.63) is 53.6 Å². The lowest BCUT2D eigenvalue weighted by Crippen LogP contribution is -2.43. The molecular weight excluding hydrogens is 316 g/mol. The fourth-order valence-corrected chi connectivity index (χ4v) is 2.78. The third-order valence-corrected chi connectivity index (χ3v) is 4.18. The second-order valence-corrected chi connectivity index (χ2v) is 5.74. The molecule has 1 heterocycles. The van der Waals surface area contributed by atoms with E-state index < -0.39 is 18.0 Å². The molecule has 0 unspecified atom stereocenters. The van der Waals surface area contributed by atoms with Crippen LogP contribution < -0.4 is 10.1 Å². The Kier molecular flexibility index (Phi) is 4.69. The molecule has 0 saturated heterocycles. The number of aromatic nitrogens is 2. The van der Waals surface area contributed by atoms with E-state index in [2.05, 4.69) is 15.3 Å². The van der Waals surface area contributed by atoms with Crippen LogP contribution in [0.15, 0.2) is 36.7 Å². The summed E-state index contributed by atoms with van der Waals surface area (Å²) in [5.74, 6) is 0.710. The number of nitrogens with zero attached hydrogens (tertiary/aromatic N) is 2. The molecular formula is C17H17F2N3O2. The Morgan fingerprint density at radius 2 is 2.08 bits per heavy atom. The molecule has 1 fully saturated rings. The van der Waals surface area contributed by atoms with Gasteiger partial charge in [0.1, 0.15) is 23.5 Å². The number of carbonyl (C=O) groups excluding carboxylic acids is 1. The summed E-state index contributed by atoms with van der Waals surface area (Å²) in [5.41, 5.74) is 0.685. The number of rotatable bonds is 5. The van der Waals surface area contributed by atoms with Crippen molar-refractivity contribution in [2.24, 2.45) is 0 Å². The number of amides is 1. The lowest BCUT2D eigenvalue weighted by Gasteiger charge is -2.36. The van der Waals surface area contributed by atoms with Gasteiger partial charge in [0.15, 0.2) is 0 Å². The van der Waals surface area contributed by atoms with E-state index in [1.807, 2.05) is 24.3 Å². The number of hydrogen-bond donors (Lipinski definition) is 1. The number of halogens is 2. The van der Waals surface area contributed by atoms with Crippen molar-refractivity contribution in [2.75, 3.05) is 7.11 Å². The van der Waals surface area contributed by atoms with E-state index in [1.54, 1.807) is 7.11 Å². The maximum absolute atomic E-state index is 12.6. The fraction of sp³-hybridized carbons (Fsp3) is 0.353. The summed E-state index contributed by atoms with van der Waals surface area (Å²) in [6.07, 6.45) is -0.145. The van der Waals surface area contributed by atoms with Crippen molar-refractivity contribution in [3.63, 3.8) is 0 Å². The minimum Gasteiger partial charge on any atom is -0.497 e. The first-order chi connectivity index (χ1) is 11.6. The van der Waals surface area contributed by atoms with Gasteiger partial charge in [-0.05, 0) is 42.5 Å². The number of carbonyl (C=O) groups is 1. The van der Waals surface area contributed by atoms with Crippen LogP contribution in [-0.4, -0.2) is 29.0 Å². The summed E-state index contributed by atoms with van der Waals surface area (Å²) in [4.78, 5) is 19.3. The van der Waals surface area contributed by atoms with Gasteiger partial charge in [-0.3, -0.25) is 4.79 Å². The van der Waals surface area contributed by atoms with E-state index >= 15 is 0 Å². The minimum atomic E-state index is -2.72. The van der Waals surface area contributed by atoms with Crippen molar-refractivity contribution in [2.45, 2.75) is 31.2 Å². The number of benzene rings is 1. The monoisotopic (exact) mass is 333 g/mol. The highest BCUT2D eigenvalue weighted by atomic mass is 19.3. The molecule has 3 rings (SSSR count). The topological polar surface area (TPSA) is 64.1 Å². The van der Waals surface area contributed by atoms with Gasteiger partial charge >= 0.3 is 0 Å². The molecule has 1 aliphatic rings. The van der Waals surface area contributed by atoms with E-state index in [4.69, 9.17) is 4.74 Å². The van der Waals surface area contributed by atoms with Gasteiger partial charge in [-0.15, -0.1) is 0 Å². The summed E-state index contributed by atoms with van der Waals surface area (Å²) in [7, 11) is 1.62. The minimum absolute atomic E-state index is 0.0127. The van der Waals surface area contributed by atoms with E-state index in [9.17, 15) is 13.6 Å². The quantitative estimate of drug-likeness (QED) is 0.913. The van der Waals surface area contributed by atoms with E-state index in [0.717, 1.165) is 31.0 Å². The second kappa shape index (κ2) is 6.90. The molecule has 1 aromatic heterocycles. The first-order valence-electron chi connectivity index (χ1n) is 7.61. The van der Waals surface area contributed by atoms with Crippen molar-refractivity contribution in [1.82, 2.24) is 15.3 Å². The molecule has 0 atom stereocenters. The summed E-state index contributed by atoms with van der Waals surface area (Å²) in [6.45, 7) is 0. The van der Waals surface area contributed by atoms with Crippen molar-refractivity contribution in [1.29, 1.82) is 0 Å². The van der Waals surface area contributed by atoms with Gasteiger partial charge in [-0.25, -0.2) is 18.7 Å². The maximum atomic E-state index is 12.6. The predicted octanol–water partition coefficient (Wildman–Crippen LogP) is 3.10. The number of hydrogen-bond acceptors (Lipinski definition) is 4. The van der Waals surface area contributed by atoms with E-state index in [0.29, 0.717) is 5.92 Å². The Labute approximate surface area is 138 Å². The van der Waals surface area contributed by atoms with Crippen LogP contribution in [0.3, 0.4) is 0 Å². The fourth-order valence-electron chi connectivity index (χ4n) is 2.78.